The topological polar surface area (TPSA) is 26.0 Å². The van der Waals surface area contributed by atoms with Crippen molar-refractivity contribution in [3.63, 3.8) is 0 Å². The zero-order chi connectivity index (χ0) is 11.1. The number of nitrogen functional groups attached to an aromatic ring is 1. The van der Waals surface area contributed by atoms with Gasteiger partial charge in [0, 0.05) is 11.1 Å². The van der Waals surface area contributed by atoms with E-state index in [0.717, 1.165) is 5.69 Å². The van der Waals surface area contributed by atoms with Gasteiger partial charge in [-0.3, -0.25) is 0 Å². The Balaban J connectivity index is 2.38. The van der Waals surface area contributed by atoms with E-state index in [-0.39, 0.29) is 0 Å². The molecule has 0 aromatic heterocycles. The molecule has 0 unspecified atom stereocenters. The van der Waals surface area contributed by atoms with Gasteiger partial charge in [-0.25, -0.2) is 0 Å². The zero-order valence-corrected chi connectivity index (χ0v) is 9.66. The van der Waals surface area contributed by atoms with Gasteiger partial charge in [-0.15, -0.1) is 0 Å². The summed E-state index contributed by atoms with van der Waals surface area (Å²) in [5, 5.41) is 2.58. The van der Waals surface area contributed by atoms with E-state index in [0.29, 0.717) is 5.92 Å². The van der Waals surface area contributed by atoms with Crippen LogP contribution in [0, 0.1) is 0 Å². The molecule has 82 valence electrons. The highest BCUT2D eigenvalue weighted by molar-refractivity contribution is 5.96. The minimum atomic E-state index is 0.663. The lowest BCUT2D eigenvalue weighted by Gasteiger charge is -2.24. The third kappa shape index (κ3) is 1.31. The van der Waals surface area contributed by atoms with Gasteiger partial charge in [0.25, 0.3) is 0 Å². The van der Waals surface area contributed by atoms with Gasteiger partial charge in [0.1, 0.15) is 0 Å². The number of anilines is 1. The molecule has 1 heteroatoms. The third-order valence-electron chi connectivity index (χ3n) is 3.82. The molecule has 1 aliphatic carbocycles. The van der Waals surface area contributed by atoms with Gasteiger partial charge in [0.05, 0.1) is 0 Å². The molecule has 3 rings (SSSR count). The summed E-state index contributed by atoms with van der Waals surface area (Å²) in [6.07, 6.45) is 3.81. The second-order valence-electron chi connectivity index (χ2n) is 4.87. The Hall–Kier alpha value is -1.50. The molecule has 1 atom stereocenters. The molecule has 0 radical (unpaired) electrons. The van der Waals surface area contributed by atoms with E-state index in [1.807, 2.05) is 0 Å². The molecule has 2 N–H and O–H groups in total. The van der Waals surface area contributed by atoms with Gasteiger partial charge in [0.2, 0.25) is 0 Å². The Bertz CT molecular complexity index is 542. The highest BCUT2D eigenvalue weighted by Crippen LogP contribution is 2.38. The predicted molar refractivity (Wildman–Crippen MR) is 69.7 cm³/mol. The summed E-state index contributed by atoms with van der Waals surface area (Å²) in [5.74, 6) is 0.663. The van der Waals surface area contributed by atoms with E-state index in [4.69, 9.17) is 5.73 Å². The third-order valence-corrected chi connectivity index (χ3v) is 3.82. The van der Waals surface area contributed by atoms with Gasteiger partial charge in [-0.05, 0) is 47.8 Å². The average Bonchev–Trinajstić information content (AvgIpc) is 2.31. The van der Waals surface area contributed by atoms with Crippen molar-refractivity contribution in [3.8, 4) is 0 Å². The number of aryl methyl sites for hydroxylation is 1. The molecule has 0 amide bonds. The molecule has 0 fully saturated rings. The predicted octanol–water partition coefficient (Wildman–Crippen LogP) is 3.86. The van der Waals surface area contributed by atoms with Crippen molar-refractivity contribution in [1.29, 1.82) is 0 Å². The maximum Gasteiger partial charge on any atom is 0.0396 e. The van der Waals surface area contributed by atoms with Crippen molar-refractivity contribution in [2.75, 3.05) is 5.73 Å². The maximum absolute atomic E-state index is 6.14. The molecule has 1 aliphatic rings. The molecule has 0 heterocycles. The fourth-order valence-corrected chi connectivity index (χ4v) is 2.95. The van der Waals surface area contributed by atoms with Crippen molar-refractivity contribution in [2.24, 2.45) is 0 Å². The highest BCUT2D eigenvalue weighted by atomic mass is 14.6. The second-order valence-corrected chi connectivity index (χ2v) is 4.87. The Morgan fingerprint density at radius 2 is 1.94 bits per heavy atom. The largest absolute Gasteiger partial charge is 0.398 e. The van der Waals surface area contributed by atoms with Crippen LogP contribution < -0.4 is 5.73 Å². The molecular weight excluding hydrogens is 194 g/mol. The lowest BCUT2D eigenvalue weighted by molar-refractivity contribution is 0.593. The molecule has 0 spiro atoms. The Morgan fingerprint density at radius 3 is 2.75 bits per heavy atom. The van der Waals surface area contributed by atoms with Crippen molar-refractivity contribution >= 4 is 16.5 Å². The fourth-order valence-electron chi connectivity index (χ4n) is 2.95. The molecular formula is C15H17N. The SMILES string of the molecule is C[C@@H]1CCCc2c1cc(N)c1ccccc21. The Labute approximate surface area is 96.3 Å². The molecule has 0 aliphatic heterocycles. The van der Waals surface area contributed by atoms with Crippen LogP contribution in [0.2, 0.25) is 0 Å². The van der Waals surface area contributed by atoms with E-state index in [1.54, 1.807) is 0 Å². The zero-order valence-electron chi connectivity index (χ0n) is 9.66. The van der Waals surface area contributed by atoms with Crippen LogP contribution in [-0.2, 0) is 6.42 Å². The quantitative estimate of drug-likeness (QED) is 0.658. The molecule has 2 aromatic carbocycles. The van der Waals surface area contributed by atoms with Gasteiger partial charge >= 0.3 is 0 Å². The summed E-state index contributed by atoms with van der Waals surface area (Å²) in [6.45, 7) is 2.31. The molecule has 0 saturated carbocycles. The first kappa shape index (κ1) is 9.71. The van der Waals surface area contributed by atoms with Crippen LogP contribution in [-0.4, -0.2) is 0 Å². The van der Waals surface area contributed by atoms with Crippen molar-refractivity contribution in [3.05, 3.63) is 41.5 Å². The first-order chi connectivity index (χ1) is 7.77. The minimum absolute atomic E-state index is 0.663. The van der Waals surface area contributed by atoms with Crippen LogP contribution in [0.1, 0.15) is 36.8 Å². The molecule has 16 heavy (non-hydrogen) atoms. The maximum atomic E-state index is 6.14. The summed E-state index contributed by atoms with van der Waals surface area (Å²) in [4.78, 5) is 0. The van der Waals surface area contributed by atoms with Gasteiger partial charge in [-0.2, -0.15) is 0 Å². The number of rotatable bonds is 0. The van der Waals surface area contributed by atoms with Gasteiger partial charge in [-0.1, -0.05) is 31.2 Å². The highest BCUT2D eigenvalue weighted by Gasteiger charge is 2.19. The van der Waals surface area contributed by atoms with Crippen molar-refractivity contribution in [2.45, 2.75) is 32.1 Å². The van der Waals surface area contributed by atoms with Gasteiger partial charge < -0.3 is 5.73 Å². The summed E-state index contributed by atoms with van der Waals surface area (Å²) < 4.78 is 0. The molecule has 0 bridgehead atoms. The summed E-state index contributed by atoms with van der Waals surface area (Å²) >= 11 is 0. The molecule has 0 saturated heterocycles. The summed E-state index contributed by atoms with van der Waals surface area (Å²) in [6, 6.07) is 10.7. The Kier molecular flexibility index (Phi) is 2.13. The second kappa shape index (κ2) is 3.51. The Morgan fingerprint density at radius 1 is 1.19 bits per heavy atom. The summed E-state index contributed by atoms with van der Waals surface area (Å²) in [7, 11) is 0. The van der Waals surface area contributed by atoms with Crippen molar-refractivity contribution < 1.29 is 0 Å². The smallest absolute Gasteiger partial charge is 0.0396 e. The van der Waals surface area contributed by atoms with Crippen LogP contribution in [0.5, 0.6) is 0 Å². The van der Waals surface area contributed by atoms with Crippen LogP contribution in [0.3, 0.4) is 0 Å². The van der Waals surface area contributed by atoms with E-state index in [1.165, 1.54) is 41.2 Å². The number of fused-ring (bicyclic) bond motifs is 3. The van der Waals surface area contributed by atoms with E-state index in [2.05, 4.69) is 37.3 Å². The van der Waals surface area contributed by atoms with Crippen LogP contribution >= 0.6 is 0 Å². The average molecular weight is 211 g/mol. The normalized spacial score (nSPS) is 19.7. The van der Waals surface area contributed by atoms with Gasteiger partial charge in [0.15, 0.2) is 0 Å². The fraction of sp³-hybridized carbons (Fsp3) is 0.333. The standard InChI is InChI=1S/C15H17N/c1-10-5-4-8-12-11-6-2-3-7-13(11)15(16)9-14(10)12/h2-3,6-7,9-10H,4-5,8,16H2,1H3/t10-/m1/s1. The minimum Gasteiger partial charge on any atom is -0.398 e. The number of hydrogen-bond acceptors (Lipinski definition) is 1. The number of benzene rings is 2. The number of nitrogens with two attached hydrogens (primary N) is 1. The number of hydrogen-bond donors (Lipinski definition) is 1. The lowest BCUT2D eigenvalue weighted by Crippen LogP contribution is -2.08. The lowest BCUT2D eigenvalue weighted by atomic mass is 9.81. The molecule has 1 nitrogen and oxygen atoms in total. The van der Waals surface area contributed by atoms with Crippen LogP contribution in [0.15, 0.2) is 30.3 Å². The van der Waals surface area contributed by atoms with Crippen molar-refractivity contribution in [1.82, 2.24) is 0 Å². The first-order valence-corrected chi connectivity index (χ1v) is 6.07. The monoisotopic (exact) mass is 211 g/mol. The van der Waals surface area contributed by atoms with E-state index >= 15 is 0 Å². The summed E-state index contributed by atoms with van der Waals surface area (Å²) in [5.41, 5.74) is 10.1. The molecule has 2 aromatic rings. The van der Waals surface area contributed by atoms with Crippen LogP contribution in [0.25, 0.3) is 10.8 Å². The van der Waals surface area contributed by atoms with E-state index < -0.39 is 0 Å². The first-order valence-electron chi connectivity index (χ1n) is 6.07. The van der Waals surface area contributed by atoms with E-state index in [9.17, 15) is 0 Å². The van der Waals surface area contributed by atoms with Crippen LogP contribution in [0.4, 0.5) is 5.69 Å².